The molecule has 1 atom stereocenters. The molecular formula is C20H12Cl2N2O4S. The van der Waals surface area contributed by atoms with Gasteiger partial charge in [-0.15, -0.1) is 0 Å². The Hall–Kier alpha value is -2.61. The van der Waals surface area contributed by atoms with E-state index in [1.807, 2.05) is 6.07 Å². The van der Waals surface area contributed by atoms with E-state index < -0.39 is 16.8 Å². The fourth-order valence-corrected chi connectivity index (χ4v) is 4.17. The molecule has 2 amide bonds. The van der Waals surface area contributed by atoms with E-state index >= 15 is 0 Å². The Balaban J connectivity index is 1.48. The lowest BCUT2D eigenvalue weighted by Gasteiger charge is -2.09. The molecule has 2 heterocycles. The maximum Gasteiger partial charge on any atom is 0.346 e. The van der Waals surface area contributed by atoms with E-state index in [2.05, 4.69) is 10.3 Å². The molecule has 6 nitrogen and oxygen atoms in total. The summed E-state index contributed by atoms with van der Waals surface area (Å²) in [5.74, 6) is -0.849. The van der Waals surface area contributed by atoms with Crippen LogP contribution in [0.5, 0.6) is 0 Å². The monoisotopic (exact) mass is 446 g/mol. The summed E-state index contributed by atoms with van der Waals surface area (Å²) < 4.78 is 5.29. The molecule has 0 aliphatic carbocycles. The Morgan fingerprint density at radius 2 is 1.90 bits per heavy atom. The van der Waals surface area contributed by atoms with Crippen molar-refractivity contribution in [1.82, 2.24) is 0 Å². The third-order valence-electron chi connectivity index (χ3n) is 4.19. The molecular weight excluding hydrogens is 435 g/mol. The van der Waals surface area contributed by atoms with Gasteiger partial charge in [0.05, 0.1) is 15.6 Å². The molecule has 3 aromatic rings. The van der Waals surface area contributed by atoms with E-state index in [0.717, 1.165) is 17.1 Å². The molecule has 29 heavy (non-hydrogen) atoms. The second-order valence-corrected chi connectivity index (χ2v) is 8.23. The maximum absolute atomic E-state index is 12.3. The molecule has 0 saturated carbocycles. The summed E-state index contributed by atoms with van der Waals surface area (Å²) in [4.78, 5) is 40.8. The minimum Gasteiger partial charge on any atom is -0.422 e. The molecule has 0 radical (unpaired) electrons. The second-order valence-electron chi connectivity index (χ2n) is 6.23. The second kappa shape index (κ2) is 8.02. The van der Waals surface area contributed by atoms with Gasteiger partial charge >= 0.3 is 5.63 Å². The zero-order valence-electron chi connectivity index (χ0n) is 14.6. The van der Waals surface area contributed by atoms with Crippen LogP contribution in [0.25, 0.3) is 11.0 Å². The maximum atomic E-state index is 12.3. The van der Waals surface area contributed by atoms with E-state index in [0.29, 0.717) is 21.3 Å². The number of fused-ring (bicyclic) bond motifs is 1. The average Bonchev–Trinajstić information content (AvgIpc) is 3.04. The van der Waals surface area contributed by atoms with Crippen molar-refractivity contribution >= 4 is 68.5 Å². The van der Waals surface area contributed by atoms with Gasteiger partial charge in [0.1, 0.15) is 15.9 Å². The highest BCUT2D eigenvalue weighted by atomic mass is 35.5. The van der Waals surface area contributed by atoms with Gasteiger partial charge < -0.3 is 9.73 Å². The number of hydrogen-bond donors (Lipinski definition) is 1. The zero-order chi connectivity index (χ0) is 20.5. The van der Waals surface area contributed by atoms with Crippen molar-refractivity contribution < 1.29 is 14.0 Å². The summed E-state index contributed by atoms with van der Waals surface area (Å²) in [6, 6.07) is 13.4. The van der Waals surface area contributed by atoms with Crippen LogP contribution < -0.4 is 10.9 Å². The van der Waals surface area contributed by atoms with E-state index in [-0.39, 0.29) is 22.9 Å². The van der Waals surface area contributed by atoms with Crippen LogP contribution in [0.1, 0.15) is 12.0 Å². The number of thioether (sulfide) groups is 1. The number of nitrogens with one attached hydrogen (secondary N) is 1. The van der Waals surface area contributed by atoms with E-state index in [9.17, 15) is 14.4 Å². The van der Waals surface area contributed by atoms with E-state index in [1.165, 1.54) is 6.07 Å². The van der Waals surface area contributed by atoms with Crippen LogP contribution in [0.4, 0.5) is 5.69 Å². The molecule has 1 aromatic heterocycles. The van der Waals surface area contributed by atoms with Crippen molar-refractivity contribution in [3.63, 3.8) is 0 Å². The van der Waals surface area contributed by atoms with Gasteiger partial charge in [0, 0.05) is 17.5 Å². The predicted octanol–water partition coefficient (Wildman–Crippen LogP) is 4.52. The Morgan fingerprint density at radius 3 is 2.69 bits per heavy atom. The predicted molar refractivity (Wildman–Crippen MR) is 115 cm³/mol. The highest BCUT2D eigenvalue weighted by Gasteiger charge is 2.32. The zero-order valence-corrected chi connectivity index (χ0v) is 17.0. The first-order valence-corrected chi connectivity index (χ1v) is 10.1. The third-order valence-corrected chi connectivity index (χ3v) is 6.11. The van der Waals surface area contributed by atoms with Gasteiger partial charge in [-0.1, -0.05) is 53.2 Å². The van der Waals surface area contributed by atoms with Gasteiger partial charge in [0.25, 0.3) is 5.91 Å². The summed E-state index contributed by atoms with van der Waals surface area (Å²) in [5, 5.41) is 3.60. The van der Waals surface area contributed by atoms with Gasteiger partial charge in [0.2, 0.25) is 5.91 Å². The summed E-state index contributed by atoms with van der Waals surface area (Å²) in [7, 11) is 0. The minimum atomic E-state index is -0.723. The van der Waals surface area contributed by atoms with Crippen molar-refractivity contribution in [2.75, 3.05) is 5.32 Å². The number of nitrogens with zero attached hydrogens (tertiary/aromatic N) is 1. The van der Waals surface area contributed by atoms with Crippen LogP contribution in [0.15, 0.2) is 62.7 Å². The molecule has 2 aromatic carbocycles. The smallest absolute Gasteiger partial charge is 0.346 e. The molecule has 4 rings (SSSR count). The van der Waals surface area contributed by atoms with Crippen LogP contribution in [0, 0.1) is 0 Å². The van der Waals surface area contributed by atoms with Crippen molar-refractivity contribution in [3.05, 3.63) is 74.6 Å². The highest BCUT2D eigenvalue weighted by Crippen LogP contribution is 2.30. The summed E-state index contributed by atoms with van der Waals surface area (Å²) in [5.41, 5.74) is 0.544. The first kappa shape index (κ1) is 19.7. The van der Waals surface area contributed by atoms with Gasteiger partial charge in [-0.3, -0.25) is 9.59 Å². The van der Waals surface area contributed by atoms with Crippen molar-refractivity contribution in [2.24, 2.45) is 4.99 Å². The van der Waals surface area contributed by atoms with Crippen LogP contribution in [0.3, 0.4) is 0 Å². The number of carbonyl (C=O) groups excluding carboxylic acids is 2. The number of para-hydroxylation sites is 1. The van der Waals surface area contributed by atoms with Crippen LogP contribution in [-0.2, 0) is 9.59 Å². The Kier molecular flexibility index (Phi) is 5.45. The van der Waals surface area contributed by atoms with Gasteiger partial charge in [-0.2, -0.15) is 0 Å². The topological polar surface area (TPSA) is 88.7 Å². The number of rotatable bonds is 4. The quantitative estimate of drug-likeness (QED) is 0.595. The van der Waals surface area contributed by atoms with Gasteiger partial charge in [-0.05, 0) is 30.3 Å². The first-order chi connectivity index (χ1) is 13.9. The van der Waals surface area contributed by atoms with Gasteiger partial charge in [-0.25, -0.2) is 9.79 Å². The minimum absolute atomic E-state index is 0.102. The third kappa shape index (κ3) is 4.22. The molecule has 146 valence electrons. The highest BCUT2D eigenvalue weighted by molar-refractivity contribution is 8.16. The normalized spacial score (nSPS) is 16.1. The molecule has 0 fully saturated rings. The SMILES string of the molecule is O=C(CC1SC(c2cc3ccccc3oc2=O)=NC1=O)Nc1ccc(Cl)c(Cl)c1. The lowest BCUT2D eigenvalue weighted by Crippen LogP contribution is -2.21. The number of hydrogen-bond acceptors (Lipinski definition) is 5. The number of amides is 2. The summed E-state index contributed by atoms with van der Waals surface area (Å²) in [6.07, 6.45) is -0.102. The molecule has 9 heteroatoms. The molecule has 1 N–H and O–H groups in total. The molecule has 0 saturated heterocycles. The fourth-order valence-electron chi connectivity index (χ4n) is 2.80. The number of carbonyl (C=O) groups is 2. The molecule has 0 bridgehead atoms. The number of halogens is 2. The molecule has 0 spiro atoms. The van der Waals surface area contributed by atoms with Crippen molar-refractivity contribution in [2.45, 2.75) is 11.7 Å². The first-order valence-electron chi connectivity index (χ1n) is 8.48. The summed E-state index contributed by atoms with van der Waals surface area (Å²) >= 11 is 12.9. The van der Waals surface area contributed by atoms with Crippen molar-refractivity contribution in [3.8, 4) is 0 Å². The standard InChI is InChI=1S/C20H12Cl2N2O4S/c21-13-6-5-11(8-14(13)22)23-17(25)9-16-18(26)24-19(29-16)12-7-10-3-1-2-4-15(10)28-20(12)27/h1-8,16H,9H2,(H,23,25). The van der Waals surface area contributed by atoms with Crippen LogP contribution in [-0.4, -0.2) is 22.1 Å². The fraction of sp³-hybridized carbons (Fsp3) is 0.100. The number of benzene rings is 2. The van der Waals surface area contributed by atoms with Crippen LogP contribution >= 0.6 is 35.0 Å². The van der Waals surface area contributed by atoms with Crippen LogP contribution in [0.2, 0.25) is 10.0 Å². The van der Waals surface area contributed by atoms with Crippen molar-refractivity contribution in [1.29, 1.82) is 0 Å². The largest absolute Gasteiger partial charge is 0.422 e. The number of anilines is 1. The Morgan fingerprint density at radius 1 is 1.10 bits per heavy atom. The lowest BCUT2D eigenvalue weighted by atomic mass is 10.2. The summed E-state index contributed by atoms with van der Waals surface area (Å²) in [6.45, 7) is 0. The van der Waals surface area contributed by atoms with Gasteiger partial charge in [0.15, 0.2) is 0 Å². The Bertz CT molecular complexity index is 1240. The lowest BCUT2D eigenvalue weighted by molar-refractivity contribution is -0.121. The molecule has 1 unspecified atom stereocenters. The van der Waals surface area contributed by atoms with E-state index in [4.69, 9.17) is 27.6 Å². The Labute approximate surface area is 178 Å². The van der Waals surface area contributed by atoms with E-state index in [1.54, 1.807) is 36.4 Å². The molecule has 1 aliphatic heterocycles. The molecule has 1 aliphatic rings. The average molecular weight is 447 g/mol. The number of aliphatic imine (C=N–C) groups is 1.